The molecular formula is C13H15IN2O4. The maximum Gasteiger partial charge on any atom is 0.328 e. The van der Waals surface area contributed by atoms with Gasteiger partial charge in [0.25, 0.3) is 5.69 Å². The van der Waals surface area contributed by atoms with Crippen molar-refractivity contribution in [1.29, 1.82) is 0 Å². The maximum atomic E-state index is 11.9. The highest BCUT2D eigenvalue weighted by atomic mass is 127. The average molecular weight is 390 g/mol. The summed E-state index contributed by atoms with van der Waals surface area (Å²) in [7, 11) is 1.38. The Morgan fingerprint density at radius 3 is 2.85 bits per heavy atom. The Hall–Kier alpha value is -1.38. The highest BCUT2D eigenvalue weighted by Gasteiger charge is 2.31. The van der Waals surface area contributed by atoms with Gasteiger partial charge in [0.05, 0.1) is 17.7 Å². The standard InChI is InChI=1S/C13H15IN2O4/c1-20-13(17)12-4-2-3-7-15(12)11-6-5-9(16(18)19)8-10(11)14/h5-6,8,12H,2-4,7H2,1H3. The number of nitro benzene ring substituents is 1. The molecule has 0 aliphatic carbocycles. The van der Waals surface area contributed by atoms with Crippen molar-refractivity contribution in [1.82, 2.24) is 0 Å². The number of rotatable bonds is 3. The summed E-state index contributed by atoms with van der Waals surface area (Å²) in [6, 6.07) is 4.41. The van der Waals surface area contributed by atoms with Crippen molar-refractivity contribution in [3.63, 3.8) is 0 Å². The molecule has 1 aliphatic rings. The number of nitro groups is 1. The number of anilines is 1. The molecular weight excluding hydrogens is 375 g/mol. The Morgan fingerprint density at radius 1 is 1.50 bits per heavy atom. The van der Waals surface area contributed by atoms with Crippen molar-refractivity contribution < 1.29 is 14.5 Å². The first-order valence-electron chi connectivity index (χ1n) is 6.33. The first kappa shape index (κ1) is 15.0. The van der Waals surface area contributed by atoms with E-state index in [0.717, 1.165) is 35.1 Å². The van der Waals surface area contributed by atoms with Gasteiger partial charge >= 0.3 is 5.97 Å². The highest BCUT2D eigenvalue weighted by Crippen LogP contribution is 2.31. The van der Waals surface area contributed by atoms with Crippen LogP contribution in [0.5, 0.6) is 0 Å². The minimum absolute atomic E-state index is 0.0600. The zero-order chi connectivity index (χ0) is 14.7. The van der Waals surface area contributed by atoms with Crippen molar-refractivity contribution in [2.45, 2.75) is 25.3 Å². The van der Waals surface area contributed by atoms with Gasteiger partial charge in [0, 0.05) is 22.2 Å². The lowest BCUT2D eigenvalue weighted by Gasteiger charge is -2.36. The lowest BCUT2D eigenvalue weighted by atomic mass is 10.0. The van der Waals surface area contributed by atoms with Crippen LogP contribution in [0.1, 0.15) is 19.3 Å². The van der Waals surface area contributed by atoms with Crippen molar-refractivity contribution >= 4 is 39.9 Å². The number of ether oxygens (including phenoxy) is 1. The Balaban J connectivity index is 2.32. The van der Waals surface area contributed by atoms with Crippen LogP contribution in [0.3, 0.4) is 0 Å². The highest BCUT2D eigenvalue weighted by molar-refractivity contribution is 14.1. The number of esters is 1. The van der Waals surface area contributed by atoms with Crippen LogP contribution < -0.4 is 4.90 Å². The second-order valence-electron chi connectivity index (χ2n) is 4.62. The predicted octanol–water partition coefficient (Wildman–Crippen LogP) is 2.73. The van der Waals surface area contributed by atoms with E-state index < -0.39 is 4.92 Å². The summed E-state index contributed by atoms with van der Waals surface area (Å²) in [6.45, 7) is 0.758. The molecule has 0 spiro atoms. The van der Waals surface area contributed by atoms with Gasteiger partial charge in [-0.1, -0.05) is 0 Å². The molecule has 1 aliphatic heterocycles. The molecule has 2 rings (SSSR count). The van der Waals surface area contributed by atoms with Crippen molar-refractivity contribution in [3.05, 3.63) is 31.9 Å². The van der Waals surface area contributed by atoms with E-state index >= 15 is 0 Å². The second-order valence-corrected chi connectivity index (χ2v) is 5.78. The van der Waals surface area contributed by atoms with E-state index in [1.165, 1.54) is 19.2 Å². The van der Waals surface area contributed by atoms with Gasteiger partial charge in [-0.25, -0.2) is 4.79 Å². The van der Waals surface area contributed by atoms with Crippen LogP contribution in [0.4, 0.5) is 11.4 Å². The lowest BCUT2D eigenvalue weighted by molar-refractivity contribution is -0.384. The Kier molecular flexibility index (Phi) is 4.79. The quantitative estimate of drug-likeness (QED) is 0.344. The van der Waals surface area contributed by atoms with Gasteiger partial charge in [-0.2, -0.15) is 0 Å². The first-order valence-corrected chi connectivity index (χ1v) is 7.41. The summed E-state index contributed by atoms with van der Waals surface area (Å²) in [5, 5.41) is 10.8. The van der Waals surface area contributed by atoms with E-state index in [2.05, 4.69) is 22.6 Å². The summed E-state index contributed by atoms with van der Waals surface area (Å²) >= 11 is 2.07. The summed E-state index contributed by atoms with van der Waals surface area (Å²) < 4.78 is 5.62. The van der Waals surface area contributed by atoms with Crippen LogP contribution >= 0.6 is 22.6 Å². The average Bonchev–Trinajstić information content (AvgIpc) is 2.46. The van der Waals surface area contributed by atoms with Gasteiger partial charge in [0.1, 0.15) is 6.04 Å². The number of hydrogen-bond acceptors (Lipinski definition) is 5. The first-order chi connectivity index (χ1) is 9.54. The number of hydrogen-bond donors (Lipinski definition) is 0. The van der Waals surface area contributed by atoms with E-state index in [9.17, 15) is 14.9 Å². The molecule has 20 heavy (non-hydrogen) atoms. The number of carbonyl (C=O) groups is 1. The van der Waals surface area contributed by atoms with Crippen LogP contribution in [-0.4, -0.2) is 30.6 Å². The molecule has 0 aromatic heterocycles. The number of non-ortho nitro benzene ring substituents is 1. The van der Waals surface area contributed by atoms with Gasteiger partial charge in [-0.05, 0) is 47.9 Å². The van der Waals surface area contributed by atoms with Gasteiger partial charge in [0.15, 0.2) is 0 Å². The molecule has 1 saturated heterocycles. The molecule has 108 valence electrons. The van der Waals surface area contributed by atoms with Crippen molar-refractivity contribution in [2.75, 3.05) is 18.6 Å². The fraction of sp³-hybridized carbons (Fsp3) is 0.462. The Bertz CT molecular complexity index is 535. The number of nitrogens with zero attached hydrogens (tertiary/aromatic N) is 2. The van der Waals surface area contributed by atoms with Crippen LogP contribution in [0.2, 0.25) is 0 Å². The van der Waals surface area contributed by atoms with E-state index in [1.54, 1.807) is 6.07 Å². The van der Waals surface area contributed by atoms with Crippen molar-refractivity contribution in [2.24, 2.45) is 0 Å². The number of halogens is 1. The number of piperidine rings is 1. The summed E-state index contributed by atoms with van der Waals surface area (Å²) in [5.41, 5.74) is 0.913. The summed E-state index contributed by atoms with van der Waals surface area (Å²) in [6.07, 6.45) is 2.74. The Labute approximate surface area is 130 Å². The topological polar surface area (TPSA) is 72.7 Å². The molecule has 1 aromatic carbocycles. The smallest absolute Gasteiger partial charge is 0.328 e. The molecule has 1 atom stereocenters. The van der Waals surface area contributed by atoms with Crippen LogP contribution in [0.15, 0.2) is 18.2 Å². The van der Waals surface area contributed by atoms with Crippen molar-refractivity contribution in [3.8, 4) is 0 Å². The Morgan fingerprint density at radius 2 is 2.25 bits per heavy atom. The fourth-order valence-corrected chi connectivity index (χ4v) is 3.25. The zero-order valence-corrected chi connectivity index (χ0v) is 13.2. The van der Waals surface area contributed by atoms with E-state index in [1.807, 2.05) is 4.90 Å². The maximum absolute atomic E-state index is 11.9. The minimum Gasteiger partial charge on any atom is -0.467 e. The lowest BCUT2D eigenvalue weighted by Crippen LogP contribution is -2.45. The molecule has 6 nitrogen and oxygen atoms in total. The normalized spacial score (nSPS) is 18.7. The molecule has 0 bridgehead atoms. The van der Waals surface area contributed by atoms with E-state index in [-0.39, 0.29) is 17.7 Å². The van der Waals surface area contributed by atoms with Gasteiger partial charge < -0.3 is 9.64 Å². The SMILES string of the molecule is COC(=O)C1CCCCN1c1ccc([N+](=O)[O-])cc1I. The number of methoxy groups -OCH3 is 1. The third-order valence-corrected chi connectivity index (χ3v) is 4.29. The van der Waals surface area contributed by atoms with Gasteiger partial charge in [-0.3, -0.25) is 10.1 Å². The second kappa shape index (κ2) is 6.38. The van der Waals surface area contributed by atoms with E-state index in [4.69, 9.17) is 4.74 Å². The van der Waals surface area contributed by atoms with Gasteiger partial charge in [-0.15, -0.1) is 0 Å². The summed E-state index contributed by atoms with van der Waals surface area (Å²) in [5.74, 6) is -0.251. The van der Waals surface area contributed by atoms with E-state index in [0.29, 0.717) is 0 Å². The van der Waals surface area contributed by atoms with Crippen LogP contribution in [0.25, 0.3) is 0 Å². The fourth-order valence-electron chi connectivity index (χ4n) is 2.44. The molecule has 0 N–H and O–H groups in total. The van der Waals surface area contributed by atoms with Crippen LogP contribution in [0, 0.1) is 13.7 Å². The largest absolute Gasteiger partial charge is 0.467 e. The van der Waals surface area contributed by atoms with Crippen LogP contribution in [-0.2, 0) is 9.53 Å². The molecule has 0 saturated carbocycles. The van der Waals surface area contributed by atoms with Gasteiger partial charge in [0.2, 0.25) is 0 Å². The monoisotopic (exact) mass is 390 g/mol. The third kappa shape index (κ3) is 3.02. The molecule has 1 unspecified atom stereocenters. The number of benzene rings is 1. The zero-order valence-electron chi connectivity index (χ0n) is 11.0. The predicted molar refractivity (Wildman–Crippen MR) is 82.8 cm³/mol. The molecule has 0 amide bonds. The molecule has 0 radical (unpaired) electrons. The number of carbonyl (C=O) groups excluding carboxylic acids is 1. The molecule has 1 heterocycles. The molecule has 1 aromatic rings. The molecule has 1 fully saturated rings. The summed E-state index contributed by atoms with van der Waals surface area (Å²) in [4.78, 5) is 24.2. The molecule has 7 heteroatoms. The minimum atomic E-state index is -0.417. The third-order valence-electron chi connectivity index (χ3n) is 3.43.